The third kappa shape index (κ3) is 6.82. The number of carbonyl (C=O) groups excluding carboxylic acids is 1. The summed E-state index contributed by atoms with van der Waals surface area (Å²) in [4.78, 5) is 11.5. The molecule has 1 aromatic carbocycles. The Labute approximate surface area is 115 Å². The molecule has 0 saturated heterocycles. The number of benzene rings is 1. The number of amides is 1. The van der Waals surface area contributed by atoms with Gasteiger partial charge in [0, 0.05) is 12.6 Å². The molecule has 0 aliphatic carbocycles. The minimum Gasteiger partial charge on any atom is -0.444 e. The molecule has 4 nitrogen and oxygen atoms in total. The van der Waals surface area contributed by atoms with Crippen LogP contribution in [0.4, 0.5) is 4.79 Å². The fourth-order valence-corrected chi connectivity index (χ4v) is 1.74. The maximum atomic E-state index is 11.5. The van der Waals surface area contributed by atoms with Crippen molar-refractivity contribution in [1.82, 2.24) is 5.32 Å². The Balaban J connectivity index is 2.36. The molecular formula is C15H24N2O2. The van der Waals surface area contributed by atoms with Gasteiger partial charge in [0.2, 0.25) is 0 Å². The zero-order chi connectivity index (χ0) is 14.5. The van der Waals surface area contributed by atoms with E-state index in [0.29, 0.717) is 6.54 Å². The van der Waals surface area contributed by atoms with Gasteiger partial charge in [-0.05, 0) is 39.7 Å². The van der Waals surface area contributed by atoms with E-state index < -0.39 is 11.7 Å². The average Bonchev–Trinajstić information content (AvgIpc) is 2.24. The van der Waals surface area contributed by atoms with Crippen molar-refractivity contribution in [1.29, 1.82) is 0 Å². The normalized spacial score (nSPS) is 12.9. The molecule has 0 fully saturated rings. The van der Waals surface area contributed by atoms with Gasteiger partial charge in [0.25, 0.3) is 0 Å². The lowest BCUT2D eigenvalue weighted by atomic mass is 10.0. The van der Waals surface area contributed by atoms with E-state index in [4.69, 9.17) is 10.5 Å². The van der Waals surface area contributed by atoms with Crippen molar-refractivity contribution in [3.8, 4) is 0 Å². The van der Waals surface area contributed by atoms with Crippen molar-refractivity contribution in [3.05, 3.63) is 35.4 Å². The summed E-state index contributed by atoms with van der Waals surface area (Å²) in [5, 5.41) is 2.69. The maximum absolute atomic E-state index is 11.5. The fourth-order valence-electron chi connectivity index (χ4n) is 1.74. The largest absolute Gasteiger partial charge is 0.444 e. The molecule has 1 rings (SSSR count). The van der Waals surface area contributed by atoms with Gasteiger partial charge in [0.1, 0.15) is 5.60 Å². The smallest absolute Gasteiger partial charge is 0.407 e. The van der Waals surface area contributed by atoms with Crippen LogP contribution in [0, 0.1) is 6.92 Å². The first-order valence-electron chi connectivity index (χ1n) is 6.54. The van der Waals surface area contributed by atoms with Crippen LogP contribution in [-0.2, 0) is 11.2 Å². The highest BCUT2D eigenvalue weighted by atomic mass is 16.6. The van der Waals surface area contributed by atoms with Gasteiger partial charge >= 0.3 is 6.09 Å². The van der Waals surface area contributed by atoms with Crippen LogP contribution in [0.25, 0.3) is 0 Å². The van der Waals surface area contributed by atoms with E-state index in [2.05, 4.69) is 11.4 Å². The van der Waals surface area contributed by atoms with Gasteiger partial charge in [-0.15, -0.1) is 0 Å². The van der Waals surface area contributed by atoms with Crippen molar-refractivity contribution in [2.24, 2.45) is 5.73 Å². The van der Waals surface area contributed by atoms with E-state index in [1.165, 1.54) is 11.1 Å². The second kappa shape index (κ2) is 6.57. The first-order valence-corrected chi connectivity index (χ1v) is 6.54. The first-order chi connectivity index (χ1) is 8.76. The second-order valence-electron chi connectivity index (χ2n) is 5.84. The molecule has 0 bridgehead atoms. The molecule has 0 spiro atoms. The molecule has 0 radical (unpaired) electrons. The monoisotopic (exact) mass is 264 g/mol. The molecule has 1 aromatic rings. The molecule has 0 heterocycles. The van der Waals surface area contributed by atoms with Gasteiger partial charge in [0.05, 0.1) is 0 Å². The highest BCUT2D eigenvalue weighted by Crippen LogP contribution is 2.07. The molecule has 3 N–H and O–H groups in total. The van der Waals surface area contributed by atoms with Gasteiger partial charge < -0.3 is 15.8 Å². The summed E-state index contributed by atoms with van der Waals surface area (Å²) in [5.74, 6) is 0. The summed E-state index contributed by atoms with van der Waals surface area (Å²) >= 11 is 0. The van der Waals surface area contributed by atoms with Gasteiger partial charge in [-0.1, -0.05) is 29.8 Å². The predicted molar refractivity (Wildman–Crippen MR) is 77.1 cm³/mol. The minimum absolute atomic E-state index is 0.116. The summed E-state index contributed by atoms with van der Waals surface area (Å²) < 4.78 is 5.15. The van der Waals surface area contributed by atoms with E-state index in [1.54, 1.807) is 0 Å². The molecular weight excluding hydrogens is 240 g/mol. The highest BCUT2D eigenvalue weighted by Gasteiger charge is 2.16. The van der Waals surface area contributed by atoms with Crippen LogP contribution in [0.1, 0.15) is 31.9 Å². The van der Waals surface area contributed by atoms with Crippen LogP contribution < -0.4 is 11.1 Å². The molecule has 106 valence electrons. The molecule has 0 aromatic heterocycles. The summed E-state index contributed by atoms with van der Waals surface area (Å²) in [5.41, 5.74) is 7.91. The van der Waals surface area contributed by atoms with Gasteiger partial charge in [-0.25, -0.2) is 4.79 Å². The predicted octanol–water partition coefficient (Wildman–Crippen LogP) is 2.39. The number of ether oxygens (including phenoxy) is 1. The van der Waals surface area contributed by atoms with E-state index in [9.17, 15) is 4.79 Å². The van der Waals surface area contributed by atoms with Crippen LogP contribution in [0.3, 0.4) is 0 Å². The van der Waals surface area contributed by atoms with Crippen LogP contribution in [0.2, 0.25) is 0 Å². The number of alkyl carbamates (subject to hydrolysis) is 1. The minimum atomic E-state index is -0.481. The Morgan fingerprint density at radius 1 is 1.42 bits per heavy atom. The summed E-state index contributed by atoms with van der Waals surface area (Å²) in [6, 6.07) is 8.09. The Morgan fingerprint density at radius 3 is 2.68 bits per heavy atom. The molecule has 4 heteroatoms. The molecule has 19 heavy (non-hydrogen) atoms. The van der Waals surface area contributed by atoms with Gasteiger partial charge in [-0.2, -0.15) is 0 Å². The van der Waals surface area contributed by atoms with E-state index in [-0.39, 0.29) is 6.04 Å². The summed E-state index contributed by atoms with van der Waals surface area (Å²) in [6.07, 6.45) is 0.310. The van der Waals surface area contributed by atoms with Crippen LogP contribution >= 0.6 is 0 Å². The van der Waals surface area contributed by atoms with Crippen molar-refractivity contribution < 1.29 is 9.53 Å². The summed E-state index contributed by atoms with van der Waals surface area (Å²) in [7, 11) is 0. The second-order valence-corrected chi connectivity index (χ2v) is 5.84. The first kappa shape index (κ1) is 15.5. The molecule has 0 saturated carbocycles. The van der Waals surface area contributed by atoms with Crippen LogP contribution in [-0.4, -0.2) is 24.3 Å². The number of carbonyl (C=O) groups is 1. The van der Waals surface area contributed by atoms with Crippen molar-refractivity contribution >= 4 is 6.09 Å². The SMILES string of the molecule is Cc1cccc(CC(N)CNC(=O)OC(C)(C)C)c1. The molecule has 1 atom stereocenters. The van der Waals surface area contributed by atoms with Crippen LogP contribution in [0.15, 0.2) is 24.3 Å². The maximum Gasteiger partial charge on any atom is 0.407 e. The number of nitrogens with one attached hydrogen (secondary N) is 1. The Morgan fingerprint density at radius 2 is 2.11 bits per heavy atom. The number of hydrogen-bond acceptors (Lipinski definition) is 3. The fraction of sp³-hybridized carbons (Fsp3) is 0.533. The number of aryl methyl sites for hydroxylation is 1. The highest BCUT2D eigenvalue weighted by molar-refractivity contribution is 5.67. The lowest BCUT2D eigenvalue weighted by Gasteiger charge is -2.20. The van der Waals surface area contributed by atoms with E-state index in [1.807, 2.05) is 45.9 Å². The van der Waals surface area contributed by atoms with Crippen LogP contribution in [0.5, 0.6) is 0 Å². The van der Waals surface area contributed by atoms with E-state index >= 15 is 0 Å². The zero-order valence-corrected chi connectivity index (χ0v) is 12.2. The quantitative estimate of drug-likeness (QED) is 0.877. The van der Waals surface area contributed by atoms with Crippen molar-refractivity contribution in [2.45, 2.75) is 45.8 Å². The third-order valence-electron chi connectivity index (χ3n) is 2.49. The molecule has 0 aliphatic heterocycles. The summed E-state index contributed by atoms with van der Waals surface area (Å²) in [6.45, 7) is 7.95. The Bertz CT molecular complexity index is 424. The molecule has 1 unspecified atom stereocenters. The standard InChI is InChI=1S/C15H24N2O2/c1-11-6-5-7-12(8-11)9-13(16)10-17-14(18)19-15(2,3)4/h5-8,13H,9-10,16H2,1-4H3,(H,17,18). The molecule has 0 aliphatic rings. The van der Waals surface area contributed by atoms with Gasteiger partial charge in [-0.3, -0.25) is 0 Å². The van der Waals surface area contributed by atoms with Crippen molar-refractivity contribution in [3.63, 3.8) is 0 Å². The lowest BCUT2D eigenvalue weighted by molar-refractivity contribution is 0.0524. The van der Waals surface area contributed by atoms with Gasteiger partial charge in [0.15, 0.2) is 0 Å². The average molecular weight is 264 g/mol. The topological polar surface area (TPSA) is 64.3 Å². The zero-order valence-electron chi connectivity index (χ0n) is 12.2. The third-order valence-corrected chi connectivity index (χ3v) is 2.49. The Hall–Kier alpha value is -1.55. The number of nitrogens with two attached hydrogens (primary N) is 1. The lowest BCUT2D eigenvalue weighted by Crippen LogP contribution is -2.41. The van der Waals surface area contributed by atoms with Crippen molar-refractivity contribution in [2.75, 3.05) is 6.54 Å². The Kier molecular flexibility index (Phi) is 5.36. The molecule has 1 amide bonds. The van der Waals surface area contributed by atoms with E-state index in [0.717, 1.165) is 6.42 Å². The number of hydrogen-bond donors (Lipinski definition) is 2. The number of rotatable bonds is 4.